The van der Waals surface area contributed by atoms with E-state index in [0.717, 1.165) is 22.3 Å². The molecule has 0 amide bonds. The average molecular weight is 356 g/mol. The van der Waals surface area contributed by atoms with Crippen molar-refractivity contribution in [1.82, 2.24) is 9.97 Å². The number of nitrogens with zero attached hydrogens (tertiary/aromatic N) is 2. The van der Waals surface area contributed by atoms with Gasteiger partial charge in [-0.1, -0.05) is 17.7 Å². The molecule has 0 aliphatic rings. The molecule has 128 valence electrons. The zero-order valence-corrected chi connectivity index (χ0v) is 15.0. The average Bonchev–Trinajstić information content (AvgIpc) is 2.58. The molecular weight excluding hydrogens is 338 g/mol. The molecule has 0 atom stereocenters. The maximum Gasteiger partial charge on any atom is 0.341 e. The van der Waals surface area contributed by atoms with Crippen LogP contribution < -0.4 is 5.32 Å². The molecule has 0 unspecified atom stereocenters. The highest BCUT2D eigenvalue weighted by Crippen LogP contribution is 2.30. The van der Waals surface area contributed by atoms with Crippen LogP contribution in [0.3, 0.4) is 0 Å². The first-order valence-electron chi connectivity index (χ1n) is 7.96. The molecule has 25 heavy (non-hydrogen) atoms. The van der Waals surface area contributed by atoms with Crippen molar-refractivity contribution in [2.24, 2.45) is 0 Å². The predicted molar refractivity (Wildman–Crippen MR) is 99.7 cm³/mol. The van der Waals surface area contributed by atoms with Crippen LogP contribution >= 0.6 is 11.6 Å². The zero-order chi connectivity index (χ0) is 18.0. The summed E-state index contributed by atoms with van der Waals surface area (Å²) in [6.45, 7) is 5.89. The van der Waals surface area contributed by atoms with E-state index in [9.17, 15) is 4.79 Å². The van der Waals surface area contributed by atoms with Crippen LogP contribution in [-0.2, 0) is 4.74 Å². The molecule has 2 aromatic heterocycles. The second-order valence-corrected chi connectivity index (χ2v) is 6.09. The number of ether oxygens (including phenoxy) is 1. The van der Waals surface area contributed by atoms with Crippen LogP contribution in [0.1, 0.15) is 28.5 Å². The van der Waals surface area contributed by atoms with Gasteiger partial charge in [0.05, 0.1) is 12.3 Å². The van der Waals surface area contributed by atoms with E-state index in [2.05, 4.69) is 15.3 Å². The minimum atomic E-state index is -0.432. The van der Waals surface area contributed by atoms with Crippen LogP contribution in [0.15, 0.2) is 36.5 Å². The first-order chi connectivity index (χ1) is 12.0. The number of hydrogen-bond donors (Lipinski definition) is 1. The number of hydrogen-bond acceptors (Lipinski definition) is 5. The Balaban J connectivity index is 2.15. The van der Waals surface area contributed by atoms with Gasteiger partial charge in [-0.15, -0.1) is 0 Å². The van der Waals surface area contributed by atoms with Gasteiger partial charge in [-0.2, -0.15) is 0 Å². The summed E-state index contributed by atoms with van der Waals surface area (Å²) in [5.41, 5.74) is 4.14. The summed E-state index contributed by atoms with van der Waals surface area (Å²) in [5, 5.41) is 4.67. The fourth-order valence-corrected chi connectivity index (χ4v) is 2.67. The van der Waals surface area contributed by atoms with Crippen molar-refractivity contribution < 1.29 is 9.53 Å². The second-order valence-electron chi connectivity index (χ2n) is 5.68. The van der Waals surface area contributed by atoms with E-state index < -0.39 is 5.97 Å². The smallest absolute Gasteiger partial charge is 0.341 e. The van der Waals surface area contributed by atoms with Crippen molar-refractivity contribution in [3.05, 3.63) is 58.4 Å². The molecule has 0 aliphatic heterocycles. The Morgan fingerprint density at radius 3 is 2.76 bits per heavy atom. The lowest BCUT2D eigenvalue weighted by Crippen LogP contribution is -2.09. The van der Waals surface area contributed by atoms with Crippen LogP contribution in [0.4, 0.5) is 11.4 Å². The molecule has 1 N–H and O–H groups in total. The van der Waals surface area contributed by atoms with Gasteiger partial charge in [-0.05, 0) is 50.6 Å². The Morgan fingerprint density at radius 2 is 2.04 bits per heavy atom. The summed E-state index contributed by atoms with van der Waals surface area (Å²) in [7, 11) is 0. The van der Waals surface area contributed by atoms with Crippen molar-refractivity contribution in [3.8, 4) is 0 Å². The van der Waals surface area contributed by atoms with Gasteiger partial charge in [0.1, 0.15) is 5.56 Å². The van der Waals surface area contributed by atoms with Gasteiger partial charge >= 0.3 is 5.97 Å². The minimum absolute atomic E-state index is 0.290. The van der Waals surface area contributed by atoms with Gasteiger partial charge in [-0.25, -0.2) is 14.8 Å². The number of esters is 1. The fraction of sp³-hybridized carbons (Fsp3) is 0.211. The lowest BCUT2D eigenvalue weighted by atomic mass is 10.1. The lowest BCUT2D eigenvalue weighted by Gasteiger charge is -2.14. The van der Waals surface area contributed by atoms with Gasteiger partial charge < -0.3 is 10.1 Å². The highest BCUT2D eigenvalue weighted by atomic mass is 35.5. The molecule has 5 nitrogen and oxygen atoms in total. The van der Waals surface area contributed by atoms with Crippen molar-refractivity contribution >= 4 is 40.0 Å². The molecule has 0 aliphatic carbocycles. The van der Waals surface area contributed by atoms with E-state index in [0.29, 0.717) is 28.5 Å². The summed E-state index contributed by atoms with van der Waals surface area (Å²) < 4.78 is 5.16. The maximum absolute atomic E-state index is 12.3. The highest BCUT2D eigenvalue weighted by Gasteiger charge is 2.17. The van der Waals surface area contributed by atoms with E-state index >= 15 is 0 Å². The van der Waals surface area contributed by atoms with E-state index in [1.165, 1.54) is 6.20 Å². The monoisotopic (exact) mass is 355 g/mol. The Hall–Kier alpha value is -2.66. The van der Waals surface area contributed by atoms with Crippen molar-refractivity contribution in [3.63, 3.8) is 0 Å². The topological polar surface area (TPSA) is 64.1 Å². The van der Waals surface area contributed by atoms with Crippen LogP contribution in [-0.4, -0.2) is 22.5 Å². The number of anilines is 2. The van der Waals surface area contributed by atoms with Crippen molar-refractivity contribution in [2.75, 3.05) is 11.9 Å². The molecule has 0 spiro atoms. The number of fused-ring (bicyclic) bond motifs is 1. The van der Waals surface area contributed by atoms with Gasteiger partial charge in [0.15, 0.2) is 5.65 Å². The first kappa shape index (κ1) is 17.2. The third kappa shape index (κ3) is 3.56. The number of carbonyl (C=O) groups excluding carboxylic acids is 1. The number of nitrogens with one attached hydrogen (secondary N) is 1. The minimum Gasteiger partial charge on any atom is -0.462 e. The molecule has 0 saturated carbocycles. The molecule has 3 rings (SSSR count). The van der Waals surface area contributed by atoms with Gasteiger partial charge in [-0.3, -0.25) is 0 Å². The number of halogens is 1. The molecule has 1 aromatic carbocycles. The number of benzene rings is 1. The predicted octanol–water partition coefficient (Wildman–Crippen LogP) is 4.82. The Labute approximate surface area is 151 Å². The Bertz CT molecular complexity index is 957. The highest BCUT2D eigenvalue weighted by molar-refractivity contribution is 6.31. The van der Waals surface area contributed by atoms with Crippen molar-refractivity contribution in [1.29, 1.82) is 0 Å². The number of rotatable bonds is 4. The normalized spacial score (nSPS) is 10.7. The standard InChI is InChI=1S/C19H18ClN3O2/c1-4-25-19(24)15-10-21-18-14(8-6-12(3)22-18)17(15)23-13-7-5-11(2)16(20)9-13/h5-10H,4H2,1-3H3,(H,21,22,23). The van der Waals surface area contributed by atoms with Crippen LogP contribution in [0.25, 0.3) is 11.0 Å². The van der Waals surface area contributed by atoms with Gasteiger partial charge in [0, 0.05) is 28.0 Å². The van der Waals surface area contributed by atoms with E-state index in [1.54, 1.807) is 6.92 Å². The molecule has 2 heterocycles. The summed E-state index contributed by atoms with van der Waals surface area (Å²) in [4.78, 5) is 21.1. The van der Waals surface area contributed by atoms with E-state index in [-0.39, 0.29) is 0 Å². The number of carbonyl (C=O) groups is 1. The van der Waals surface area contributed by atoms with Gasteiger partial charge in [0.25, 0.3) is 0 Å². The second kappa shape index (κ2) is 7.07. The third-order valence-corrected chi connectivity index (χ3v) is 4.21. The first-order valence-corrected chi connectivity index (χ1v) is 8.34. The van der Waals surface area contributed by atoms with Crippen LogP contribution in [0.2, 0.25) is 5.02 Å². The lowest BCUT2D eigenvalue weighted by molar-refractivity contribution is 0.0527. The van der Waals surface area contributed by atoms with Gasteiger partial charge in [0.2, 0.25) is 0 Å². The number of aromatic nitrogens is 2. The molecule has 0 saturated heterocycles. The SMILES string of the molecule is CCOC(=O)c1cnc2nc(C)ccc2c1Nc1ccc(C)c(Cl)c1. The maximum atomic E-state index is 12.3. The zero-order valence-electron chi connectivity index (χ0n) is 14.3. The summed E-state index contributed by atoms with van der Waals surface area (Å²) >= 11 is 6.21. The van der Waals surface area contributed by atoms with Crippen LogP contribution in [0.5, 0.6) is 0 Å². The van der Waals surface area contributed by atoms with E-state index in [4.69, 9.17) is 16.3 Å². The molecule has 6 heteroatoms. The fourth-order valence-electron chi connectivity index (χ4n) is 2.49. The Kier molecular flexibility index (Phi) is 4.86. The molecule has 0 bridgehead atoms. The molecule has 3 aromatic rings. The van der Waals surface area contributed by atoms with E-state index in [1.807, 2.05) is 44.2 Å². The largest absolute Gasteiger partial charge is 0.462 e. The summed E-state index contributed by atoms with van der Waals surface area (Å²) in [6, 6.07) is 9.42. The number of aryl methyl sites for hydroxylation is 2. The number of pyridine rings is 2. The summed E-state index contributed by atoms with van der Waals surface area (Å²) in [6.07, 6.45) is 1.49. The molecule has 0 radical (unpaired) electrons. The van der Waals surface area contributed by atoms with Crippen molar-refractivity contribution in [2.45, 2.75) is 20.8 Å². The quantitative estimate of drug-likeness (QED) is 0.680. The summed E-state index contributed by atoms with van der Waals surface area (Å²) in [5.74, 6) is -0.432. The third-order valence-electron chi connectivity index (χ3n) is 3.81. The van der Waals surface area contributed by atoms with Crippen LogP contribution in [0, 0.1) is 13.8 Å². The molecule has 0 fully saturated rings. The Morgan fingerprint density at radius 1 is 1.24 bits per heavy atom. The molecular formula is C19H18ClN3O2.